The third kappa shape index (κ3) is 7.60. The van der Waals surface area contributed by atoms with Gasteiger partial charge in [-0.3, -0.25) is 9.69 Å². The van der Waals surface area contributed by atoms with E-state index in [0.29, 0.717) is 19.1 Å². The number of nitrogens with one attached hydrogen (secondary N) is 2. The molecule has 1 saturated heterocycles. The summed E-state index contributed by atoms with van der Waals surface area (Å²) in [6.07, 6.45) is 9.04. The molecule has 2 fully saturated rings. The molecule has 0 aromatic heterocycles. The van der Waals surface area contributed by atoms with Crippen LogP contribution >= 0.6 is 0 Å². The number of hydrogen-bond acceptors (Lipinski definition) is 4. The summed E-state index contributed by atoms with van der Waals surface area (Å²) in [4.78, 5) is 14.6. The van der Waals surface area contributed by atoms with Gasteiger partial charge in [0.25, 0.3) is 0 Å². The summed E-state index contributed by atoms with van der Waals surface area (Å²) >= 11 is 0. The van der Waals surface area contributed by atoms with Gasteiger partial charge in [-0.2, -0.15) is 0 Å². The predicted octanol–water partition coefficient (Wildman–Crippen LogP) is 2.84. The minimum absolute atomic E-state index is 0.0921. The summed E-state index contributed by atoms with van der Waals surface area (Å²) in [5.41, 5.74) is 2.47. The molecule has 150 valence electrons. The van der Waals surface area contributed by atoms with Crippen LogP contribution in [-0.4, -0.2) is 49.7 Å². The average molecular weight is 374 g/mol. The van der Waals surface area contributed by atoms with Crippen LogP contribution in [-0.2, 0) is 22.6 Å². The molecule has 1 saturated carbocycles. The van der Waals surface area contributed by atoms with Crippen molar-refractivity contribution in [3.05, 3.63) is 35.4 Å². The monoisotopic (exact) mass is 373 g/mol. The van der Waals surface area contributed by atoms with Crippen molar-refractivity contribution in [1.82, 2.24) is 15.5 Å². The number of amides is 1. The zero-order valence-corrected chi connectivity index (χ0v) is 16.5. The zero-order valence-electron chi connectivity index (χ0n) is 16.5. The summed E-state index contributed by atoms with van der Waals surface area (Å²) in [5, 5.41) is 6.49. The van der Waals surface area contributed by atoms with E-state index in [1.54, 1.807) is 0 Å². The van der Waals surface area contributed by atoms with Crippen LogP contribution in [0.25, 0.3) is 0 Å². The van der Waals surface area contributed by atoms with Gasteiger partial charge in [-0.15, -0.1) is 0 Å². The largest absolute Gasteiger partial charge is 0.379 e. The van der Waals surface area contributed by atoms with Crippen molar-refractivity contribution in [2.24, 2.45) is 0 Å². The topological polar surface area (TPSA) is 53.6 Å². The number of morpholine rings is 1. The molecule has 2 N–H and O–H groups in total. The fourth-order valence-electron chi connectivity index (χ4n) is 3.94. The molecule has 1 aliphatic heterocycles. The Morgan fingerprint density at radius 1 is 0.963 bits per heavy atom. The summed E-state index contributed by atoms with van der Waals surface area (Å²) in [5.74, 6) is 0.0921. The molecule has 3 rings (SSSR count). The highest BCUT2D eigenvalue weighted by Crippen LogP contribution is 2.16. The molecule has 1 aromatic carbocycles. The normalized spacial score (nSPS) is 20.0. The van der Waals surface area contributed by atoms with Gasteiger partial charge in [0.2, 0.25) is 5.91 Å². The highest BCUT2D eigenvalue weighted by Gasteiger charge is 2.13. The van der Waals surface area contributed by atoms with Crippen LogP contribution < -0.4 is 10.6 Å². The Kier molecular flexibility index (Phi) is 8.59. The predicted molar refractivity (Wildman–Crippen MR) is 108 cm³/mol. The smallest absolute Gasteiger partial charge is 0.234 e. The standard InChI is InChI=1S/C22H35N3O2/c26-22(17-23-21-6-4-2-1-3-5-7-21)24-16-19-8-10-20(11-9-19)18-25-12-14-27-15-13-25/h8-11,21,23H,1-7,12-18H2,(H,24,26). The van der Waals surface area contributed by atoms with E-state index >= 15 is 0 Å². The van der Waals surface area contributed by atoms with Gasteiger partial charge < -0.3 is 15.4 Å². The second kappa shape index (κ2) is 11.4. The molecule has 2 aliphatic rings. The number of ether oxygens (including phenoxy) is 1. The highest BCUT2D eigenvalue weighted by molar-refractivity contribution is 5.78. The Bertz CT molecular complexity index is 547. The second-order valence-corrected chi connectivity index (χ2v) is 7.90. The molecule has 1 aromatic rings. The summed E-state index contributed by atoms with van der Waals surface area (Å²) in [7, 11) is 0. The minimum Gasteiger partial charge on any atom is -0.379 e. The van der Waals surface area contributed by atoms with E-state index in [0.717, 1.165) is 38.4 Å². The Morgan fingerprint density at radius 3 is 2.30 bits per heavy atom. The Hall–Kier alpha value is -1.43. The first kappa shape index (κ1) is 20.3. The lowest BCUT2D eigenvalue weighted by molar-refractivity contribution is -0.120. The number of hydrogen-bond donors (Lipinski definition) is 2. The van der Waals surface area contributed by atoms with Crippen LogP contribution in [0.4, 0.5) is 0 Å². The van der Waals surface area contributed by atoms with Gasteiger partial charge >= 0.3 is 0 Å². The first-order chi connectivity index (χ1) is 13.3. The van der Waals surface area contributed by atoms with Crippen LogP contribution in [0, 0.1) is 0 Å². The molecular weight excluding hydrogens is 338 g/mol. The maximum atomic E-state index is 12.2. The van der Waals surface area contributed by atoms with Gasteiger partial charge in [-0.25, -0.2) is 0 Å². The number of carbonyl (C=O) groups is 1. The first-order valence-corrected chi connectivity index (χ1v) is 10.7. The van der Waals surface area contributed by atoms with Crippen molar-refractivity contribution >= 4 is 5.91 Å². The molecule has 5 heteroatoms. The number of nitrogens with zero attached hydrogens (tertiary/aromatic N) is 1. The van der Waals surface area contributed by atoms with Crippen molar-refractivity contribution in [1.29, 1.82) is 0 Å². The third-order valence-electron chi connectivity index (χ3n) is 5.68. The Labute approximate surface area is 163 Å². The lowest BCUT2D eigenvalue weighted by Crippen LogP contribution is -2.39. The van der Waals surface area contributed by atoms with Crippen molar-refractivity contribution < 1.29 is 9.53 Å². The van der Waals surface area contributed by atoms with Crippen LogP contribution in [0.5, 0.6) is 0 Å². The summed E-state index contributed by atoms with van der Waals surface area (Å²) < 4.78 is 5.39. The van der Waals surface area contributed by atoms with Crippen LogP contribution in [0.1, 0.15) is 56.1 Å². The van der Waals surface area contributed by atoms with Gasteiger partial charge in [0.05, 0.1) is 19.8 Å². The molecule has 0 bridgehead atoms. The molecule has 0 radical (unpaired) electrons. The second-order valence-electron chi connectivity index (χ2n) is 7.90. The van der Waals surface area contributed by atoms with E-state index < -0.39 is 0 Å². The fraction of sp³-hybridized carbons (Fsp3) is 0.682. The van der Waals surface area contributed by atoms with Crippen molar-refractivity contribution in [2.45, 2.75) is 64.1 Å². The van der Waals surface area contributed by atoms with Crippen molar-refractivity contribution in [3.63, 3.8) is 0 Å². The van der Waals surface area contributed by atoms with E-state index in [1.165, 1.54) is 50.5 Å². The molecule has 0 atom stereocenters. The van der Waals surface area contributed by atoms with E-state index in [4.69, 9.17) is 4.74 Å². The Balaban J connectivity index is 1.34. The molecule has 0 spiro atoms. The SMILES string of the molecule is O=C(CNC1CCCCCCC1)NCc1ccc(CN2CCOCC2)cc1. The van der Waals surface area contributed by atoms with E-state index in [9.17, 15) is 4.79 Å². The lowest BCUT2D eigenvalue weighted by Gasteiger charge is -2.26. The van der Waals surface area contributed by atoms with Gasteiger partial charge in [-0.1, -0.05) is 56.4 Å². The third-order valence-corrected chi connectivity index (χ3v) is 5.68. The minimum atomic E-state index is 0.0921. The van der Waals surface area contributed by atoms with Crippen molar-refractivity contribution in [3.8, 4) is 0 Å². The number of benzene rings is 1. The molecule has 1 aliphatic carbocycles. The maximum absolute atomic E-state index is 12.2. The van der Waals surface area contributed by atoms with E-state index in [2.05, 4.69) is 39.8 Å². The van der Waals surface area contributed by atoms with Gasteiger partial charge in [-0.05, 0) is 24.0 Å². The van der Waals surface area contributed by atoms with Gasteiger partial charge in [0, 0.05) is 32.2 Å². The average Bonchev–Trinajstić information content (AvgIpc) is 2.67. The zero-order chi connectivity index (χ0) is 18.7. The summed E-state index contributed by atoms with van der Waals surface area (Å²) in [6.45, 7) is 5.68. The van der Waals surface area contributed by atoms with E-state index in [1.807, 2.05) is 0 Å². The van der Waals surface area contributed by atoms with Gasteiger partial charge in [0.1, 0.15) is 0 Å². The highest BCUT2D eigenvalue weighted by atomic mass is 16.5. The van der Waals surface area contributed by atoms with Gasteiger partial charge in [0.15, 0.2) is 0 Å². The van der Waals surface area contributed by atoms with Crippen molar-refractivity contribution in [2.75, 3.05) is 32.8 Å². The van der Waals surface area contributed by atoms with E-state index in [-0.39, 0.29) is 5.91 Å². The summed E-state index contributed by atoms with van der Waals surface area (Å²) in [6, 6.07) is 9.10. The quantitative estimate of drug-likeness (QED) is 0.772. The number of carbonyl (C=O) groups excluding carboxylic acids is 1. The molecule has 0 unspecified atom stereocenters. The molecule has 1 amide bonds. The first-order valence-electron chi connectivity index (χ1n) is 10.7. The molecule has 1 heterocycles. The van der Waals surface area contributed by atoms with Crippen LogP contribution in [0.3, 0.4) is 0 Å². The van der Waals surface area contributed by atoms with Crippen LogP contribution in [0.2, 0.25) is 0 Å². The molecule has 27 heavy (non-hydrogen) atoms. The Morgan fingerprint density at radius 2 is 1.59 bits per heavy atom. The fourth-order valence-corrected chi connectivity index (χ4v) is 3.94. The maximum Gasteiger partial charge on any atom is 0.234 e. The van der Waals surface area contributed by atoms with Crippen LogP contribution in [0.15, 0.2) is 24.3 Å². The number of rotatable bonds is 7. The lowest BCUT2D eigenvalue weighted by atomic mass is 9.97. The molecular formula is C22H35N3O2. The molecule has 5 nitrogen and oxygen atoms in total.